The summed E-state index contributed by atoms with van der Waals surface area (Å²) in [6, 6.07) is -0.316. The highest BCUT2D eigenvalue weighted by molar-refractivity contribution is 5.78. The van der Waals surface area contributed by atoms with E-state index in [0.717, 1.165) is 6.42 Å². The largest absolute Gasteiger partial charge is 0.481 e. The molecule has 0 fully saturated rings. The van der Waals surface area contributed by atoms with E-state index in [0.29, 0.717) is 19.4 Å². The van der Waals surface area contributed by atoms with Crippen molar-refractivity contribution in [2.45, 2.75) is 40.0 Å². The van der Waals surface area contributed by atoms with Crippen LogP contribution in [0.25, 0.3) is 0 Å². The van der Waals surface area contributed by atoms with Crippen LogP contribution in [0.3, 0.4) is 0 Å². The van der Waals surface area contributed by atoms with Crippen molar-refractivity contribution in [2.75, 3.05) is 26.2 Å². The zero-order valence-electron chi connectivity index (χ0n) is 12.1. The number of urea groups is 1. The molecule has 0 saturated carbocycles. The average Bonchev–Trinajstić information content (AvgIpc) is 2.39. The number of hydrogen-bond acceptors (Lipinski definition) is 3. The highest BCUT2D eigenvalue weighted by atomic mass is 16.4. The molecule has 0 spiro atoms. The Morgan fingerprint density at radius 1 is 1.16 bits per heavy atom. The Labute approximate surface area is 114 Å². The number of carbonyl (C=O) groups excluding carboxylic acids is 1. The molecule has 0 aliphatic rings. The predicted molar refractivity (Wildman–Crippen MR) is 73.0 cm³/mol. The van der Waals surface area contributed by atoms with Crippen LogP contribution in [0.2, 0.25) is 0 Å². The lowest BCUT2D eigenvalue weighted by Gasteiger charge is -2.29. The maximum atomic E-state index is 11.9. The molecule has 0 radical (unpaired) electrons. The molecule has 6 nitrogen and oxygen atoms in total. The number of carboxylic acids is 1. The maximum absolute atomic E-state index is 11.9. The van der Waals surface area contributed by atoms with Gasteiger partial charge in [0.15, 0.2) is 0 Å². The van der Waals surface area contributed by atoms with E-state index in [9.17, 15) is 14.7 Å². The Balaban J connectivity index is 4.57. The lowest BCUT2D eigenvalue weighted by molar-refractivity contribution is -0.149. The van der Waals surface area contributed by atoms with Gasteiger partial charge in [0.25, 0.3) is 0 Å². The molecule has 0 aromatic heterocycles. The predicted octanol–water partition coefficient (Wildman–Crippen LogP) is 1.29. The zero-order valence-corrected chi connectivity index (χ0v) is 12.1. The summed E-state index contributed by atoms with van der Waals surface area (Å²) in [5.41, 5.74) is -0.910. The molecule has 6 heteroatoms. The molecule has 0 bridgehead atoms. The summed E-state index contributed by atoms with van der Waals surface area (Å²) in [5, 5.41) is 20.9. The number of aliphatic hydroxyl groups is 1. The monoisotopic (exact) mass is 274 g/mol. The highest BCUT2D eigenvalue weighted by Gasteiger charge is 2.35. The molecule has 0 heterocycles. The minimum absolute atomic E-state index is 0.0982. The van der Waals surface area contributed by atoms with Crippen LogP contribution in [-0.2, 0) is 4.79 Å². The van der Waals surface area contributed by atoms with Gasteiger partial charge in [0, 0.05) is 19.6 Å². The van der Waals surface area contributed by atoms with Gasteiger partial charge >= 0.3 is 12.0 Å². The van der Waals surface area contributed by atoms with Crippen LogP contribution in [0.1, 0.15) is 40.0 Å². The smallest absolute Gasteiger partial charge is 0.317 e. The van der Waals surface area contributed by atoms with Gasteiger partial charge in [-0.05, 0) is 19.3 Å². The number of nitrogens with one attached hydrogen (secondary N) is 1. The minimum Gasteiger partial charge on any atom is -0.481 e. The first-order valence-electron chi connectivity index (χ1n) is 6.84. The molecule has 19 heavy (non-hydrogen) atoms. The van der Waals surface area contributed by atoms with E-state index < -0.39 is 11.4 Å². The van der Waals surface area contributed by atoms with Gasteiger partial charge in [0.2, 0.25) is 0 Å². The first kappa shape index (κ1) is 17.7. The molecule has 0 aromatic rings. The fourth-order valence-electron chi connectivity index (χ4n) is 1.94. The number of carboxylic acid groups (broad SMARTS) is 1. The first-order chi connectivity index (χ1) is 8.97. The third-order valence-electron chi connectivity index (χ3n) is 3.54. The van der Waals surface area contributed by atoms with Crippen molar-refractivity contribution < 1.29 is 19.8 Å². The van der Waals surface area contributed by atoms with Crippen LogP contribution >= 0.6 is 0 Å². The maximum Gasteiger partial charge on any atom is 0.317 e. The zero-order chi connectivity index (χ0) is 14.9. The van der Waals surface area contributed by atoms with Crippen molar-refractivity contribution in [3.63, 3.8) is 0 Å². The normalized spacial score (nSPS) is 11.2. The summed E-state index contributed by atoms with van der Waals surface area (Å²) in [6.45, 7) is 6.38. The molecule has 0 aliphatic heterocycles. The van der Waals surface area contributed by atoms with Crippen LogP contribution in [0, 0.1) is 5.41 Å². The van der Waals surface area contributed by atoms with Crippen molar-refractivity contribution >= 4 is 12.0 Å². The Kier molecular flexibility index (Phi) is 8.14. The van der Waals surface area contributed by atoms with Gasteiger partial charge in [-0.15, -0.1) is 0 Å². The van der Waals surface area contributed by atoms with Crippen LogP contribution in [0.4, 0.5) is 4.79 Å². The summed E-state index contributed by atoms with van der Waals surface area (Å²) in [4.78, 5) is 24.7. The Hall–Kier alpha value is -1.30. The molecule has 0 rings (SSSR count). The second-order valence-electron chi connectivity index (χ2n) is 4.66. The lowest BCUT2D eigenvalue weighted by Crippen LogP contribution is -2.48. The van der Waals surface area contributed by atoms with Crippen molar-refractivity contribution in [2.24, 2.45) is 5.41 Å². The number of rotatable bonds is 9. The van der Waals surface area contributed by atoms with Gasteiger partial charge in [0.05, 0.1) is 12.0 Å². The van der Waals surface area contributed by atoms with Crippen LogP contribution in [-0.4, -0.2) is 53.4 Å². The number of amides is 2. The molecule has 0 aliphatic carbocycles. The van der Waals surface area contributed by atoms with E-state index in [1.807, 2.05) is 6.92 Å². The van der Waals surface area contributed by atoms with Gasteiger partial charge in [-0.2, -0.15) is 0 Å². The van der Waals surface area contributed by atoms with E-state index >= 15 is 0 Å². The fraction of sp³-hybridized carbons (Fsp3) is 0.846. The lowest BCUT2D eigenvalue weighted by atomic mass is 9.82. The topological polar surface area (TPSA) is 89.9 Å². The van der Waals surface area contributed by atoms with Crippen LogP contribution in [0.15, 0.2) is 0 Å². The Bertz CT molecular complexity index is 284. The molecule has 0 aromatic carbocycles. The van der Waals surface area contributed by atoms with Crippen molar-refractivity contribution in [3.05, 3.63) is 0 Å². The molecule has 3 N–H and O–H groups in total. The molecule has 112 valence electrons. The second kappa shape index (κ2) is 8.74. The third-order valence-corrected chi connectivity index (χ3v) is 3.54. The number of aliphatic hydroxyl groups excluding tert-OH is 1. The highest BCUT2D eigenvalue weighted by Crippen LogP contribution is 2.25. The van der Waals surface area contributed by atoms with Gasteiger partial charge in [0.1, 0.15) is 0 Å². The second-order valence-corrected chi connectivity index (χ2v) is 4.66. The van der Waals surface area contributed by atoms with Gasteiger partial charge in [-0.3, -0.25) is 4.79 Å². The van der Waals surface area contributed by atoms with E-state index in [1.54, 1.807) is 13.8 Å². The SMILES string of the molecule is CCCN(CCO)C(=O)NCC(CC)(CC)C(=O)O. The average molecular weight is 274 g/mol. The Morgan fingerprint density at radius 2 is 1.74 bits per heavy atom. The number of nitrogens with zero attached hydrogens (tertiary/aromatic N) is 1. The summed E-state index contributed by atoms with van der Waals surface area (Å²) < 4.78 is 0. The summed E-state index contributed by atoms with van der Waals surface area (Å²) in [7, 11) is 0. The molecule has 0 saturated heterocycles. The standard InChI is InChI=1S/C13H26N2O4/c1-4-7-15(8-9-16)12(19)14-10-13(5-2,6-3)11(17)18/h16H,4-10H2,1-3H3,(H,14,19)(H,17,18). The summed E-state index contributed by atoms with van der Waals surface area (Å²) >= 11 is 0. The molecular weight excluding hydrogens is 248 g/mol. The quantitative estimate of drug-likeness (QED) is 0.591. The third kappa shape index (κ3) is 5.06. The summed E-state index contributed by atoms with van der Waals surface area (Å²) in [5.74, 6) is -0.887. The van der Waals surface area contributed by atoms with E-state index in [4.69, 9.17) is 5.11 Å². The number of carbonyl (C=O) groups is 2. The van der Waals surface area contributed by atoms with E-state index in [1.165, 1.54) is 4.90 Å². The van der Waals surface area contributed by atoms with Gasteiger partial charge in [-0.25, -0.2) is 4.79 Å². The number of aliphatic carboxylic acids is 1. The van der Waals surface area contributed by atoms with Crippen molar-refractivity contribution in [1.29, 1.82) is 0 Å². The van der Waals surface area contributed by atoms with Crippen LogP contribution in [0.5, 0.6) is 0 Å². The van der Waals surface area contributed by atoms with Gasteiger partial charge < -0.3 is 20.4 Å². The van der Waals surface area contributed by atoms with E-state index in [-0.39, 0.29) is 25.7 Å². The van der Waals surface area contributed by atoms with Gasteiger partial charge in [-0.1, -0.05) is 20.8 Å². The van der Waals surface area contributed by atoms with E-state index in [2.05, 4.69) is 5.32 Å². The van der Waals surface area contributed by atoms with Crippen LogP contribution < -0.4 is 5.32 Å². The van der Waals surface area contributed by atoms with Crippen molar-refractivity contribution in [1.82, 2.24) is 10.2 Å². The minimum atomic E-state index is -0.910. The molecule has 0 atom stereocenters. The molecule has 0 unspecified atom stereocenters. The Morgan fingerprint density at radius 3 is 2.11 bits per heavy atom. The number of hydrogen-bond donors (Lipinski definition) is 3. The fourth-order valence-corrected chi connectivity index (χ4v) is 1.94. The summed E-state index contributed by atoms with van der Waals surface area (Å²) in [6.07, 6.45) is 1.72. The van der Waals surface area contributed by atoms with Crippen molar-refractivity contribution in [3.8, 4) is 0 Å². The first-order valence-corrected chi connectivity index (χ1v) is 6.84. The molecular formula is C13H26N2O4. The molecule has 2 amide bonds.